The van der Waals surface area contributed by atoms with Gasteiger partial charge < -0.3 is 4.74 Å². The monoisotopic (exact) mass is 376 g/mol. The van der Waals surface area contributed by atoms with Gasteiger partial charge >= 0.3 is 0 Å². The number of ether oxygens (including phenoxy) is 1. The third-order valence-corrected chi connectivity index (χ3v) is 7.30. The molecular formula is C20H28N2O3S. The van der Waals surface area contributed by atoms with Crippen molar-refractivity contribution in [1.82, 2.24) is 9.29 Å². The zero-order valence-electron chi connectivity index (χ0n) is 16.5. The summed E-state index contributed by atoms with van der Waals surface area (Å²) in [5.41, 5.74) is 5.75. The van der Waals surface area contributed by atoms with Crippen LogP contribution in [0.5, 0.6) is 0 Å². The first-order valence-electron chi connectivity index (χ1n) is 8.66. The maximum absolute atomic E-state index is 13.6. The molecule has 0 aliphatic heterocycles. The number of pyridine rings is 1. The van der Waals surface area contributed by atoms with Gasteiger partial charge in [0.05, 0.1) is 11.5 Å². The molecule has 0 aliphatic rings. The van der Waals surface area contributed by atoms with Crippen LogP contribution in [0, 0.1) is 34.6 Å². The Balaban J connectivity index is 2.57. The standard InChI is InChI=1S/C20H28N2O3S/c1-14-15(2)17(4)20(18(5)16(14)3)26(23,24)22(11-12-25-6)13-19-7-9-21-10-8-19/h7-10H,11-13H2,1-6H3. The van der Waals surface area contributed by atoms with Crippen molar-refractivity contribution in [1.29, 1.82) is 0 Å². The molecule has 0 unspecified atom stereocenters. The zero-order valence-corrected chi connectivity index (χ0v) is 17.3. The van der Waals surface area contributed by atoms with Crippen LogP contribution in [0.4, 0.5) is 0 Å². The summed E-state index contributed by atoms with van der Waals surface area (Å²) in [5.74, 6) is 0. The fourth-order valence-electron chi connectivity index (χ4n) is 3.15. The predicted octanol–water partition coefficient (Wildman–Crippen LogP) is 3.46. The molecule has 0 radical (unpaired) electrons. The van der Waals surface area contributed by atoms with Crippen molar-refractivity contribution in [2.75, 3.05) is 20.3 Å². The number of rotatable bonds is 7. The molecule has 1 aromatic carbocycles. The molecule has 142 valence electrons. The highest BCUT2D eigenvalue weighted by Gasteiger charge is 2.29. The first-order chi connectivity index (χ1) is 12.2. The molecule has 26 heavy (non-hydrogen) atoms. The van der Waals surface area contributed by atoms with Crippen LogP contribution in [0.1, 0.15) is 33.4 Å². The van der Waals surface area contributed by atoms with Gasteiger partial charge in [0.2, 0.25) is 10.0 Å². The Morgan fingerprint density at radius 1 is 0.923 bits per heavy atom. The third kappa shape index (κ3) is 3.98. The average molecular weight is 377 g/mol. The van der Waals surface area contributed by atoms with E-state index in [1.807, 2.05) is 46.8 Å². The summed E-state index contributed by atoms with van der Waals surface area (Å²) >= 11 is 0. The highest BCUT2D eigenvalue weighted by Crippen LogP contribution is 2.32. The average Bonchev–Trinajstić information content (AvgIpc) is 2.62. The Hall–Kier alpha value is -1.76. The van der Waals surface area contributed by atoms with Crippen LogP contribution in [-0.2, 0) is 21.3 Å². The van der Waals surface area contributed by atoms with E-state index < -0.39 is 10.0 Å². The van der Waals surface area contributed by atoms with Crippen molar-refractivity contribution in [3.8, 4) is 0 Å². The lowest BCUT2D eigenvalue weighted by atomic mass is 9.95. The summed E-state index contributed by atoms with van der Waals surface area (Å²) in [7, 11) is -2.08. The normalized spacial score (nSPS) is 12.0. The summed E-state index contributed by atoms with van der Waals surface area (Å²) in [6.07, 6.45) is 3.35. The second kappa shape index (κ2) is 8.29. The van der Waals surface area contributed by atoms with Crippen molar-refractivity contribution < 1.29 is 13.2 Å². The molecule has 0 aliphatic carbocycles. The summed E-state index contributed by atoms with van der Waals surface area (Å²) in [4.78, 5) is 4.42. The Kier molecular flexibility index (Phi) is 6.55. The maximum Gasteiger partial charge on any atom is 0.244 e. The molecule has 0 saturated heterocycles. The van der Waals surface area contributed by atoms with E-state index in [1.54, 1.807) is 19.5 Å². The molecule has 5 nitrogen and oxygen atoms in total. The lowest BCUT2D eigenvalue weighted by Gasteiger charge is -2.26. The van der Waals surface area contributed by atoms with Crippen LogP contribution >= 0.6 is 0 Å². The number of sulfonamides is 1. The summed E-state index contributed by atoms with van der Waals surface area (Å²) in [6.45, 7) is 10.7. The minimum Gasteiger partial charge on any atom is -0.383 e. The third-order valence-electron chi connectivity index (χ3n) is 5.18. The first kappa shape index (κ1) is 20.6. The molecule has 0 fully saturated rings. The van der Waals surface area contributed by atoms with Crippen molar-refractivity contribution >= 4 is 10.0 Å². The molecule has 0 bridgehead atoms. The molecule has 0 N–H and O–H groups in total. The Bertz CT molecular complexity index is 849. The number of nitrogens with zero attached hydrogens (tertiary/aromatic N) is 2. The van der Waals surface area contributed by atoms with Gasteiger partial charge in [-0.1, -0.05) is 0 Å². The van der Waals surface area contributed by atoms with Crippen LogP contribution in [0.3, 0.4) is 0 Å². The lowest BCUT2D eigenvalue weighted by molar-refractivity contribution is 0.177. The summed E-state index contributed by atoms with van der Waals surface area (Å²) in [5, 5.41) is 0. The Labute approximate surface area is 157 Å². The molecule has 2 aromatic rings. The number of methoxy groups -OCH3 is 1. The van der Waals surface area contributed by atoms with E-state index in [4.69, 9.17) is 4.74 Å². The fraction of sp³-hybridized carbons (Fsp3) is 0.450. The Morgan fingerprint density at radius 2 is 1.42 bits per heavy atom. The van der Waals surface area contributed by atoms with Crippen molar-refractivity contribution in [3.63, 3.8) is 0 Å². The number of hydrogen-bond donors (Lipinski definition) is 0. The quantitative estimate of drug-likeness (QED) is 0.742. The molecule has 1 heterocycles. The first-order valence-corrected chi connectivity index (χ1v) is 10.1. The van der Waals surface area contributed by atoms with Crippen LogP contribution in [-0.4, -0.2) is 38.0 Å². The van der Waals surface area contributed by atoms with Crippen molar-refractivity contribution in [3.05, 3.63) is 57.9 Å². The summed E-state index contributed by atoms with van der Waals surface area (Å²) < 4.78 is 33.8. The second-order valence-corrected chi connectivity index (χ2v) is 8.52. The Morgan fingerprint density at radius 3 is 1.92 bits per heavy atom. The smallest absolute Gasteiger partial charge is 0.244 e. The maximum atomic E-state index is 13.6. The van der Waals surface area contributed by atoms with Gasteiger partial charge in [0.1, 0.15) is 0 Å². The number of hydrogen-bond acceptors (Lipinski definition) is 4. The van der Waals surface area contributed by atoms with Gasteiger partial charge in [0.15, 0.2) is 0 Å². The van der Waals surface area contributed by atoms with E-state index >= 15 is 0 Å². The van der Waals surface area contributed by atoms with Gasteiger partial charge in [0, 0.05) is 32.6 Å². The topological polar surface area (TPSA) is 59.5 Å². The van der Waals surface area contributed by atoms with Gasteiger partial charge in [-0.2, -0.15) is 4.31 Å². The van der Waals surface area contributed by atoms with Crippen LogP contribution in [0.15, 0.2) is 29.4 Å². The summed E-state index contributed by atoms with van der Waals surface area (Å²) in [6, 6.07) is 3.67. The van der Waals surface area contributed by atoms with E-state index in [2.05, 4.69) is 4.98 Å². The van der Waals surface area contributed by atoms with E-state index in [9.17, 15) is 8.42 Å². The van der Waals surface area contributed by atoms with Gasteiger partial charge in [-0.15, -0.1) is 0 Å². The van der Waals surface area contributed by atoms with E-state index in [-0.39, 0.29) is 0 Å². The molecule has 1 aromatic heterocycles. The van der Waals surface area contributed by atoms with E-state index in [1.165, 1.54) is 4.31 Å². The molecule has 0 amide bonds. The van der Waals surface area contributed by atoms with Gasteiger partial charge in [-0.3, -0.25) is 4.98 Å². The van der Waals surface area contributed by atoms with Crippen LogP contribution in [0.25, 0.3) is 0 Å². The van der Waals surface area contributed by atoms with Crippen molar-refractivity contribution in [2.45, 2.75) is 46.1 Å². The minimum atomic E-state index is -3.66. The molecule has 2 rings (SSSR count). The molecule has 6 heteroatoms. The highest BCUT2D eigenvalue weighted by molar-refractivity contribution is 7.89. The largest absolute Gasteiger partial charge is 0.383 e. The van der Waals surface area contributed by atoms with Crippen LogP contribution in [0.2, 0.25) is 0 Å². The van der Waals surface area contributed by atoms with E-state index in [0.717, 1.165) is 33.4 Å². The fourth-order valence-corrected chi connectivity index (χ4v) is 5.12. The lowest BCUT2D eigenvalue weighted by Crippen LogP contribution is -2.34. The number of aromatic nitrogens is 1. The molecular weight excluding hydrogens is 348 g/mol. The van der Waals surface area contributed by atoms with Gasteiger partial charge in [-0.25, -0.2) is 8.42 Å². The van der Waals surface area contributed by atoms with Crippen LogP contribution < -0.4 is 0 Å². The van der Waals surface area contributed by atoms with Crippen molar-refractivity contribution in [2.24, 2.45) is 0 Å². The molecule has 0 atom stereocenters. The molecule has 0 saturated carbocycles. The van der Waals surface area contributed by atoms with E-state index in [0.29, 0.717) is 24.6 Å². The van der Waals surface area contributed by atoms with Gasteiger partial charge in [-0.05, 0) is 80.1 Å². The minimum absolute atomic E-state index is 0.291. The SMILES string of the molecule is COCCN(Cc1ccncc1)S(=O)(=O)c1c(C)c(C)c(C)c(C)c1C. The molecule has 0 spiro atoms. The highest BCUT2D eigenvalue weighted by atomic mass is 32.2. The number of benzene rings is 1. The zero-order chi connectivity index (χ0) is 19.5. The van der Waals surface area contributed by atoms with Gasteiger partial charge in [0.25, 0.3) is 0 Å². The predicted molar refractivity (Wildman–Crippen MR) is 104 cm³/mol. The second-order valence-electron chi connectivity index (χ2n) is 6.64.